The molecule has 24 heavy (non-hydrogen) atoms. The van der Waals surface area contributed by atoms with Crippen LogP contribution in [0.2, 0.25) is 0 Å². The molecule has 2 aliphatic rings. The molecule has 2 aromatic rings. The summed E-state index contributed by atoms with van der Waals surface area (Å²) in [7, 11) is 0. The number of carbonyl (C=O) groups is 1. The highest BCUT2D eigenvalue weighted by Gasteiger charge is 2.50. The van der Waals surface area contributed by atoms with Crippen LogP contribution >= 0.6 is 0 Å². The van der Waals surface area contributed by atoms with Crippen LogP contribution in [0.25, 0.3) is 5.65 Å². The molecule has 0 amide bonds. The molecule has 6 nitrogen and oxygen atoms in total. The molecular formula is C18H24N4O2. The van der Waals surface area contributed by atoms with Gasteiger partial charge in [-0.05, 0) is 44.4 Å². The number of fused-ring (bicyclic) bond motifs is 2. The first-order valence-corrected chi connectivity index (χ1v) is 8.70. The van der Waals surface area contributed by atoms with Crippen molar-refractivity contribution in [2.24, 2.45) is 5.41 Å². The Balaban J connectivity index is 1.55. The van der Waals surface area contributed by atoms with Gasteiger partial charge < -0.3 is 14.8 Å². The molecule has 0 aliphatic carbocycles. The predicted octanol–water partition coefficient (Wildman–Crippen LogP) is 1.67. The molecule has 2 aliphatic heterocycles. The highest BCUT2D eigenvalue weighted by Crippen LogP contribution is 2.38. The minimum Gasteiger partial charge on any atom is -0.481 e. The summed E-state index contributed by atoms with van der Waals surface area (Å²) in [6.45, 7) is 5.23. The Kier molecular flexibility index (Phi) is 3.81. The molecule has 4 heterocycles. The molecule has 6 heteroatoms. The number of hydrogen-bond donors (Lipinski definition) is 2. The molecule has 0 radical (unpaired) electrons. The summed E-state index contributed by atoms with van der Waals surface area (Å²) in [5.41, 5.74) is 2.50. The maximum Gasteiger partial charge on any atom is 0.312 e. The normalized spacial score (nSPS) is 28.0. The van der Waals surface area contributed by atoms with E-state index in [2.05, 4.69) is 40.6 Å². The molecule has 2 N–H and O–H groups in total. The first kappa shape index (κ1) is 15.6. The fraction of sp³-hybridized carbons (Fsp3) is 0.556. The number of aliphatic carboxylic acids is 1. The number of imidazole rings is 1. The summed E-state index contributed by atoms with van der Waals surface area (Å²) in [4.78, 5) is 18.9. The first-order chi connectivity index (χ1) is 11.6. The van der Waals surface area contributed by atoms with E-state index in [1.807, 2.05) is 10.5 Å². The van der Waals surface area contributed by atoms with Crippen LogP contribution < -0.4 is 5.32 Å². The molecule has 0 aromatic carbocycles. The van der Waals surface area contributed by atoms with Crippen LogP contribution in [0.5, 0.6) is 0 Å². The lowest BCUT2D eigenvalue weighted by Crippen LogP contribution is -2.62. The Hall–Kier alpha value is -1.92. The molecule has 2 atom stereocenters. The van der Waals surface area contributed by atoms with Crippen molar-refractivity contribution in [2.45, 2.75) is 38.8 Å². The summed E-state index contributed by atoms with van der Waals surface area (Å²) in [5.74, 6) is -0.657. The van der Waals surface area contributed by atoms with Crippen molar-refractivity contribution in [1.29, 1.82) is 0 Å². The van der Waals surface area contributed by atoms with E-state index in [0.717, 1.165) is 43.7 Å². The van der Waals surface area contributed by atoms with Gasteiger partial charge in [0.05, 0.1) is 11.1 Å². The van der Waals surface area contributed by atoms with E-state index < -0.39 is 11.4 Å². The smallest absolute Gasteiger partial charge is 0.312 e. The number of nitrogens with zero attached hydrogens (tertiary/aromatic N) is 3. The fourth-order valence-electron chi connectivity index (χ4n) is 4.33. The number of aromatic nitrogens is 2. The van der Waals surface area contributed by atoms with Crippen molar-refractivity contribution in [1.82, 2.24) is 19.6 Å². The van der Waals surface area contributed by atoms with Crippen molar-refractivity contribution in [3.63, 3.8) is 0 Å². The summed E-state index contributed by atoms with van der Waals surface area (Å²) >= 11 is 0. The lowest BCUT2D eigenvalue weighted by atomic mass is 9.70. The minimum absolute atomic E-state index is 0.101. The monoisotopic (exact) mass is 328 g/mol. The minimum atomic E-state index is -0.657. The maximum atomic E-state index is 12.0. The Labute approximate surface area is 141 Å². The van der Waals surface area contributed by atoms with E-state index >= 15 is 0 Å². The highest BCUT2D eigenvalue weighted by atomic mass is 16.4. The zero-order valence-electron chi connectivity index (χ0n) is 14.0. The lowest BCUT2D eigenvalue weighted by Gasteiger charge is -2.48. The molecular weight excluding hydrogens is 304 g/mol. The molecule has 4 rings (SSSR count). The van der Waals surface area contributed by atoms with Crippen molar-refractivity contribution in [2.75, 3.05) is 19.6 Å². The van der Waals surface area contributed by atoms with Gasteiger partial charge in [-0.15, -0.1) is 0 Å². The van der Waals surface area contributed by atoms with Crippen LogP contribution in [0.3, 0.4) is 0 Å². The second-order valence-electron chi connectivity index (χ2n) is 7.28. The average molecular weight is 328 g/mol. The summed E-state index contributed by atoms with van der Waals surface area (Å²) in [6, 6.07) is 4.18. The second kappa shape index (κ2) is 5.86. The van der Waals surface area contributed by atoms with Gasteiger partial charge in [0.2, 0.25) is 0 Å². The van der Waals surface area contributed by atoms with Crippen LogP contribution in [0.1, 0.15) is 30.5 Å². The molecule has 0 spiro atoms. The molecule has 0 unspecified atom stereocenters. The van der Waals surface area contributed by atoms with Gasteiger partial charge in [-0.2, -0.15) is 0 Å². The topological polar surface area (TPSA) is 69.9 Å². The van der Waals surface area contributed by atoms with E-state index in [0.29, 0.717) is 13.1 Å². The number of rotatable bonds is 3. The fourth-order valence-corrected chi connectivity index (χ4v) is 4.33. The van der Waals surface area contributed by atoms with Crippen LogP contribution in [-0.2, 0) is 11.3 Å². The van der Waals surface area contributed by atoms with E-state index in [9.17, 15) is 9.90 Å². The molecule has 0 saturated carbocycles. The number of carboxylic acids is 1. The molecule has 0 bridgehead atoms. The third-order valence-corrected chi connectivity index (χ3v) is 5.56. The van der Waals surface area contributed by atoms with Crippen molar-refractivity contribution >= 4 is 11.6 Å². The standard InChI is InChI=1S/C18H24N4O2/c1-13-3-4-16-20-14(11-22(16)9-13)10-21-8-5-15-18(12-21,17(23)24)6-2-7-19-15/h3-4,9,11,15,19H,2,5-8,10,12H2,1H3,(H,23,24)/t15-,18+/m0/s1. The van der Waals surface area contributed by atoms with Gasteiger partial charge in [-0.1, -0.05) is 6.07 Å². The van der Waals surface area contributed by atoms with E-state index in [-0.39, 0.29) is 6.04 Å². The summed E-state index contributed by atoms with van der Waals surface area (Å²) in [6.07, 6.45) is 6.72. The average Bonchev–Trinajstić information content (AvgIpc) is 2.95. The number of aryl methyl sites for hydroxylation is 1. The highest BCUT2D eigenvalue weighted by molar-refractivity contribution is 5.76. The number of hydrogen-bond acceptors (Lipinski definition) is 4. The second-order valence-corrected chi connectivity index (χ2v) is 7.28. The van der Waals surface area contributed by atoms with Crippen LogP contribution in [0.4, 0.5) is 0 Å². The van der Waals surface area contributed by atoms with E-state index in [1.165, 1.54) is 5.56 Å². The summed E-state index contributed by atoms with van der Waals surface area (Å²) < 4.78 is 2.05. The van der Waals surface area contributed by atoms with E-state index in [4.69, 9.17) is 0 Å². The zero-order valence-corrected chi connectivity index (χ0v) is 14.0. The van der Waals surface area contributed by atoms with Crippen LogP contribution in [-0.4, -0.2) is 51.0 Å². The number of likely N-dealkylation sites (tertiary alicyclic amines) is 1. The number of pyridine rings is 1. The van der Waals surface area contributed by atoms with Crippen molar-refractivity contribution in [3.05, 3.63) is 35.8 Å². The zero-order chi connectivity index (χ0) is 16.7. The number of nitrogens with one attached hydrogen (secondary N) is 1. The quantitative estimate of drug-likeness (QED) is 0.897. The third-order valence-electron chi connectivity index (χ3n) is 5.56. The number of carboxylic acid groups (broad SMARTS) is 1. The first-order valence-electron chi connectivity index (χ1n) is 8.70. The summed E-state index contributed by atoms with van der Waals surface area (Å²) in [5, 5.41) is 13.3. The molecule has 2 aromatic heterocycles. The SMILES string of the molecule is Cc1ccc2nc(CN3CC[C@@H]4NCCC[C@@]4(C(=O)O)C3)cn2c1. The van der Waals surface area contributed by atoms with Crippen molar-refractivity contribution < 1.29 is 9.90 Å². The van der Waals surface area contributed by atoms with Gasteiger partial charge >= 0.3 is 5.97 Å². The van der Waals surface area contributed by atoms with Gasteiger partial charge in [0.15, 0.2) is 0 Å². The van der Waals surface area contributed by atoms with Gasteiger partial charge in [0.25, 0.3) is 0 Å². The Morgan fingerprint density at radius 3 is 3.17 bits per heavy atom. The Morgan fingerprint density at radius 1 is 1.46 bits per heavy atom. The molecule has 2 saturated heterocycles. The van der Waals surface area contributed by atoms with Gasteiger partial charge in [0, 0.05) is 38.1 Å². The van der Waals surface area contributed by atoms with E-state index in [1.54, 1.807) is 0 Å². The Bertz CT molecular complexity index is 771. The Morgan fingerprint density at radius 2 is 2.33 bits per heavy atom. The third kappa shape index (κ3) is 2.59. The lowest BCUT2D eigenvalue weighted by molar-refractivity contribution is -0.157. The van der Waals surface area contributed by atoms with Gasteiger partial charge in [-0.25, -0.2) is 4.98 Å². The van der Waals surface area contributed by atoms with Crippen LogP contribution in [0, 0.1) is 12.3 Å². The maximum absolute atomic E-state index is 12.0. The molecule has 128 valence electrons. The molecule has 2 fully saturated rings. The van der Waals surface area contributed by atoms with Crippen LogP contribution in [0.15, 0.2) is 24.5 Å². The predicted molar refractivity (Wildman–Crippen MR) is 90.9 cm³/mol. The number of piperidine rings is 2. The van der Waals surface area contributed by atoms with Crippen molar-refractivity contribution in [3.8, 4) is 0 Å². The van der Waals surface area contributed by atoms with Gasteiger partial charge in [-0.3, -0.25) is 9.69 Å². The van der Waals surface area contributed by atoms with Gasteiger partial charge in [0.1, 0.15) is 5.65 Å². The largest absolute Gasteiger partial charge is 0.481 e.